The number of benzene rings is 2. The van der Waals surface area contributed by atoms with Crippen LogP contribution in [0.4, 0.5) is 0 Å². The van der Waals surface area contributed by atoms with Crippen molar-refractivity contribution in [2.75, 3.05) is 0 Å². The van der Waals surface area contributed by atoms with E-state index in [1.807, 2.05) is 0 Å². The summed E-state index contributed by atoms with van der Waals surface area (Å²) in [6, 6.07) is 16.1. The zero-order chi connectivity index (χ0) is 14.4. The van der Waals surface area contributed by atoms with Gasteiger partial charge in [0.05, 0.1) is 0 Å². The molecule has 21 heavy (non-hydrogen) atoms. The molecule has 106 valence electrons. The summed E-state index contributed by atoms with van der Waals surface area (Å²) >= 11 is 0. The van der Waals surface area contributed by atoms with E-state index in [0.29, 0.717) is 5.92 Å². The fourth-order valence-electron chi connectivity index (χ4n) is 4.09. The fraction of sp³-hybridized carbons (Fsp3) is 0.333. The number of fused-ring (bicyclic) bond motifs is 3. The summed E-state index contributed by atoms with van der Waals surface area (Å²) in [4.78, 5) is 0. The Bertz CT molecular complexity index is 716. The zero-order valence-corrected chi connectivity index (χ0v) is 12.9. The van der Waals surface area contributed by atoms with E-state index in [2.05, 4.69) is 56.3 Å². The molecule has 0 spiro atoms. The van der Waals surface area contributed by atoms with Crippen LogP contribution in [-0.2, 0) is 0 Å². The average molecular weight is 274 g/mol. The van der Waals surface area contributed by atoms with E-state index in [1.54, 1.807) is 11.1 Å². The van der Waals surface area contributed by atoms with Gasteiger partial charge in [0.2, 0.25) is 0 Å². The van der Waals surface area contributed by atoms with Crippen LogP contribution in [0.3, 0.4) is 0 Å². The fourth-order valence-corrected chi connectivity index (χ4v) is 4.09. The van der Waals surface area contributed by atoms with Gasteiger partial charge < -0.3 is 0 Å². The third-order valence-corrected chi connectivity index (χ3v) is 5.12. The lowest BCUT2D eigenvalue weighted by molar-refractivity contribution is 0.549. The largest absolute Gasteiger partial charge is 0.0587 e. The van der Waals surface area contributed by atoms with Gasteiger partial charge in [-0.3, -0.25) is 0 Å². The van der Waals surface area contributed by atoms with Crippen LogP contribution in [0.2, 0.25) is 0 Å². The van der Waals surface area contributed by atoms with Crippen molar-refractivity contribution in [3.8, 4) is 0 Å². The summed E-state index contributed by atoms with van der Waals surface area (Å²) in [6.45, 7) is 4.38. The van der Waals surface area contributed by atoms with Gasteiger partial charge in [0, 0.05) is 5.92 Å². The molecule has 0 N–H and O–H groups in total. The molecule has 0 nitrogen and oxygen atoms in total. The predicted molar refractivity (Wildman–Crippen MR) is 89.6 cm³/mol. The highest BCUT2D eigenvalue weighted by atomic mass is 14.4. The third-order valence-electron chi connectivity index (χ3n) is 5.12. The molecule has 0 aromatic heterocycles. The second kappa shape index (κ2) is 4.87. The first kappa shape index (κ1) is 12.9. The van der Waals surface area contributed by atoms with Gasteiger partial charge in [0.15, 0.2) is 0 Å². The molecule has 0 heteroatoms. The van der Waals surface area contributed by atoms with Crippen molar-refractivity contribution >= 4 is 5.57 Å². The van der Waals surface area contributed by atoms with Crippen LogP contribution in [-0.4, -0.2) is 0 Å². The molecular weight excluding hydrogens is 252 g/mol. The maximum atomic E-state index is 2.42. The lowest BCUT2D eigenvalue weighted by Crippen LogP contribution is -2.05. The van der Waals surface area contributed by atoms with E-state index in [1.165, 1.54) is 53.5 Å². The molecule has 1 fully saturated rings. The molecule has 0 radical (unpaired) electrons. The normalized spacial score (nSPS) is 20.4. The second-order valence-electron chi connectivity index (χ2n) is 6.66. The number of rotatable bonds is 1. The van der Waals surface area contributed by atoms with Gasteiger partial charge in [-0.05, 0) is 55.4 Å². The van der Waals surface area contributed by atoms with Crippen molar-refractivity contribution < 1.29 is 0 Å². The van der Waals surface area contributed by atoms with Gasteiger partial charge in [-0.15, -0.1) is 0 Å². The first-order chi connectivity index (χ1) is 10.2. The molecule has 1 saturated carbocycles. The minimum Gasteiger partial charge on any atom is -0.0587 e. The van der Waals surface area contributed by atoms with E-state index in [9.17, 15) is 0 Å². The molecular formula is C21H22. The van der Waals surface area contributed by atoms with Crippen molar-refractivity contribution in [1.29, 1.82) is 0 Å². The molecule has 0 heterocycles. The van der Waals surface area contributed by atoms with Crippen LogP contribution in [0, 0.1) is 13.8 Å². The number of allylic oxidation sites excluding steroid dienone is 1. The SMILES string of the molecule is Cc1ccc(C2=C3CCCC[C@@H]3c3cc(C)ccc32)cc1. The smallest absolute Gasteiger partial charge is 0.00638 e. The van der Waals surface area contributed by atoms with Crippen molar-refractivity contribution in [2.24, 2.45) is 0 Å². The monoisotopic (exact) mass is 274 g/mol. The summed E-state index contributed by atoms with van der Waals surface area (Å²) in [5.74, 6) is 0.685. The lowest BCUT2D eigenvalue weighted by Gasteiger charge is -2.22. The summed E-state index contributed by atoms with van der Waals surface area (Å²) in [5.41, 5.74) is 10.5. The van der Waals surface area contributed by atoms with E-state index in [4.69, 9.17) is 0 Å². The number of aryl methyl sites for hydroxylation is 2. The quantitative estimate of drug-likeness (QED) is 0.618. The number of hydrogen-bond donors (Lipinski definition) is 0. The maximum Gasteiger partial charge on any atom is 0.00638 e. The molecule has 0 amide bonds. The van der Waals surface area contributed by atoms with Gasteiger partial charge in [-0.25, -0.2) is 0 Å². The maximum absolute atomic E-state index is 2.42. The van der Waals surface area contributed by atoms with Crippen molar-refractivity contribution in [3.05, 3.63) is 75.9 Å². The lowest BCUT2D eigenvalue weighted by atomic mass is 9.82. The second-order valence-corrected chi connectivity index (χ2v) is 6.66. The molecule has 2 aromatic rings. The molecule has 2 aliphatic carbocycles. The van der Waals surface area contributed by atoms with Gasteiger partial charge in [0.1, 0.15) is 0 Å². The molecule has 1 atom stereocenters. The highest BCUT2D eigenvalue weighted by molar-refractivity contribution is 5.89. The topological polar surface area (TPSA) is 0 Å². The summed E-state index contributed by atoms with van der Waals surface area (Å²) in [7, 11) is 0. The molecule has 0 aliphatic heterocycles. The Morgan fingerprint density at radius 1 is 0.857 bits per heavy atom. The van der Waals surface area contributed by atoms with Crippen LogP contribution in [0.1, 0.15) is 59.4 Å². The standard InChI is InChI=1S/C21H22/c1-14-7-10-16(11-8-14)21-18-6-4-3-5-17(18)20-13-15(2)9-12-19(20)21/h7-13,17H,3-6H2,1-2H3/t17-/m0/s1. The Morgan fingerprint density at radius 2 is 1.62 bits per heavy atom. The summed E-state index contributed by atoms with van der Waals surface area (Å²) < 4.78 is 0. The molecule has 0 unspecified atom stereocenters. The predicted octanol–water partition coefficient (Wildman–Crippen LogP) is 5.78. The molecule has 2 aromatic carbocycles. The average Bonchev–Trinajstić information content (AvgIpc) is 2.82. The van der Waals surface area contributed by atoms with Crippen LogP contribution in [0.5, 0.6) is 0 Å². The van der Waals surface area contributed by atoms with Crippen molar-refractivity contribution in [1.82, 2.24) is 0 Å². The van der Waals surface area contributed by atoms with E-state index < -0.39 is 0 Å². The van der Waals surface area contributed by atoms with Gasteiger partial charge in [-0.1, -0.05) is 65.6 Å². The van der Waals surface area contributed by atoms with E-state index in [0.717, 1.165) is 0 Å². The Balaban J connectivity index is 1.92. The van der Waals surface area contributed by atoms with Crippen molar-refractivity contribution in [3.63, 3.8) is 0 Å². The highest BCUT2D eigenvalue weighted by Gasteiger charge is 2.33. The van der Waals surface area contributed by atoms with Crippen LogP contribution in [0.15, 0.2) is 48.0 Å². The highest BCUT2D eigenvalue weighted by Crippen LogP contribution is 2.51. The molecule has 0 saturated heterocycles. The Kier molecular flexibility index (Phi) is 2.99. The minimum absolute atomic E-state index is 0.685. The third kappa shape index (κ3) is 2.05. The molecule has 2 aliphatic rings. The minimum atomic E-state index is 0.685. The molecule has 0 bridgehead atoms. The summed E-state index contributed by atoms with van der Waals surface area (Å²) in [5, 5.41) is 0. The first-order valence-corrected chi connectivity index (χ1v) is 8.15. The van der Waals surface area contributed by atoms with Gasteiger partial charge in [0.25, 0.3) is 0 Å². The van der Waals surface area contributed by atoms with Crippen LogP contribution < -0.4 is 0 Å². The van der Waals surface area contributed by atoms with Gasteiger partial charge in [-0.2, -0.15) is 0 Å². The Hall–Kier alpha value is -1.82. The van der Waals surface area contributed by atoms with E-state index >= 15 is 0 Å². The summed E-state index contributed by atoms with van der Waals surface area (Å²) in [6.07, 6.45) is 5.35. The van der Waals surface area contributed by atoms with Crippen LogP contribution >= 0.6 is 0 Å². The number of hydrogen-bond acceptors (Lipinski definition) is 0. The zero-order valence-electron chi connectivity index (χ0n) is 12.9. The van der Waals surface area contributed by atoms with Gasteiger partial charge >= 0.3 is 0 Å². The van der Waals surface area contributed by atoms with Crippen molar-refractivity contribution in [2.45, 2.75) is 45.4 Å². The first-order valence-electron chi connectivity index (χ1n) is 8.15. The Labute approximate surface area is 127 Å². The molecule has 4 rings (SSSR count). The van der Waals surface area contributed by atoms with E-state index in [-0.39, 0.29) is 0 Å². The Morgan fingerprint density at radius 3 is 2.43 bits per heavy atom. The van der Waals surface area contributed by atoms with Crippen LogP contribution in [0.25, 0.3) is 5.57 Å².